The molecule has 1 heterocycles. The van der Waals surface area contributed by atoms with Gasteiger partial charge in [-0.3, -0.25) is 4.79 Å². The van der Waals surface area contributed by atoms with E-state index in [0.717, 1.165) is 0 Å². The highest BCUT2D eigenvalue weighted by Crippen LogP contribution is 2.49. The van der Waals surface area contributed by atoms with Crippen LogP contribution in [-0.2, 0) is 4.79 Å². The number of amides is 1. The number of hydrogen-bond acceptors (Lipinski definition) is 9. The third-order valence-electron chi connectivity index (χ3n) is 8.77. The number of aliphatic hydroxyl groups excluding tert-OH is 7. The van der Waals surface area contributed by atoms with Gasteiger partial charge in [-0.25, -0.2) is 4.39 Å². The number of phenolic OH excluding ortho intramolecular Hbond substituents is 1. The second kappa shape index (κ2) is 14.7. The molecule has 248 valence electrons. The molecule has 0 spiro atoms. The van der Waals surface area contributed by atoms with Crippen molar-refractivity contribution in [3.63, 3.8) is 0 Å². The molecule has 0 aliphatic carbocycles. The zero-order chi connectivity index (χ0) is 33.8. The number of phenols is 1. The molecule has 0 bridgehead atoms. The molecule has 1 fully saturated rings. The number of β-lactam (4-membered cyclic amide) rings is 1. The number of anilines is 1. The zero-order valence-corrected chi connectivity index (χ0v) is 25.3. The monoisotopic (exact) mass is 647 g/mol. The molecule has 1 amide bonds. The van der Waals surface area contributed by atoms with E-state index in [1.165, 1.54) is 42.5 Å². The molecule has 5 rings (SSSR count). The summed E-state index contributed by atoms with van der Waals surface area (Å²) in [7, 11) is 0. The van der Waals surface area contributed by atoms with Crippen LogP contribution in [0.4, 0.5) is 10.1 Å². The zero-order valence-electron chi connectivity index (χ0n) is 25.3. The van der Waals surface area contributed by atoms with E-state index < -0.39 is 61.0 Å². The van der Waals surface area contributed by atoms with Gasteiger partial charge in [0.15, 0.2) is 0 Å². The van der Waals surface area contributed by atoms with Gasteiger partial charge in [0.1, 0.15) is 42.1 Å². The first-order chi connectivity index (χ1) is 22.5. The number of rotatable bonds is 13. The Labute approximate surface area is 270 Å². The maximum absolute atomic E-state index is 13.4. The fourth-order valence-electron chi connectivity index (χ4n) is 6.05. The number of nitrogens with zero attached hydrogens (tertiary/aromatic N) is 1. The Balaban J connectivity index is 1.38. The standard InChI is InChI=1S/C36H38FNO9/c37-24-12-9-20(10-13-24)28(40)16-15-27-31(38(36(27)47)25-7-2-1-3-8-25)26-14-11-22(18-29(26)41)21-5-4-6-23(17-21)32(43)34(45)35(46)33(44)30(42)19-39/h1-14,17-18,27-28,30-35,39-46H,15-16,19H2/t27-,28+,30+,31-,32+,33-,34-,35+/m1/s1. The molecule has 1 saturated heterocycles. The molecule has 47 heavy (non-hydrogen) atoms. The summed E-state index contributed by atoms with van der Waals surface area (Å²) in [4.78, 5) is 15.1. The Morgan fingerprint density at radius 2 is 1.40 bits per heavy atom. The van der Waals surface area contributed by atoms with Crippen LogP contribution in [0.5, 0.6) is 5.75 Å². The SMILES string of the molecule is O=C1[C@H](CC[C@H](O)c2ccc(F)cc2)[C@@H](c2ccc(-c3cccc([C@H](O)[C@@H](O)[C@@H](O)[C@H](O)[C@@H](O)CO)c3)cc2O)N1c1ccccc1. The highest BCUT2D eigenvalue weighted by molar-refractivity contribution is 6.03. The first-order valence-electron chi connectivity index (χ1n) is 15.3. The van der Waals surface area contributed by atoms with Gasteiger partial charge < -0.3 is 45.8 Å². The number of aromatic hydroxyl groups is 1. The van der Waals surface area contributed by atoms with Crippen molar-refractivity contribution in [1.82, 2.24) is 0 Å². The van der Waals surface area contributed by atoms with Crippen molar-refractivity contribution < 1.29 is 50.0 Å². The molecule has 0 aromatic heterocycles. The lowest BCUT2D eigenvalue weighted by atomic mass is 9.77. The third kappa shape index (κ3) is 7.21. The summed E-state index contributed by atoms with van der Waals surface area (Å²) >= 11 is 0. The van der Waals surface area contributed by atoms with Crippen LogP contribution in [0.3, 0.4) is 0 Å². The van der Waals surface area contributed by atoms with Gasteiger partial charge in [0.25, 0.3) is 0 Å². The van der Waals surface area contributed by atoms with Crippen LogP contribution in [-0.4, -0.2) is 77.8 Å². The number of para-hydroxylation sites is 1. The molecule has 1 aliphatic rings. The summed E-state index contributed by atoms with van der Waals surface area (Å²) < 4.78 is 13.4. The van der Waals surface area contributed by atoms with Crippen molar-refractivity contribution in [2.45, 2.75) is 55.5 Å². The van der Waals surface area contributed by atoms with Gasteiger partial charge in [0.2, 0.25) is 5.91 Å². The Kier molecular flexibility index (Phi) is 10.7. The Morgan fingerprint density at radius 1 is 0.723 bits per heavy atom. The topological polar surface area (TPSA) is 182 Å². The van der Waals surface area contributed by atoms with Gasteiger partial charge in [0.05, 0.1) is 24.7 Å². The summed E-state index contributed by atoms with van der Waals surface area (Å²) in [5.41, 5.74) is 2.96. The largest absolute Gasteiger partial charge is 0.508 e. The number of carbonyl (C=O) groups is 1. The average Bonchev–Trinajstić information content (AvgIpc) is 3.09. The minimum absolute atomic E-state index is 0.0902. The molecule has 1 aliphatic heterocycles. The van der Waals surface area contributed by atoms with E-state index in [2.05, 4.69) is 0 Å². The summed E-state index contributed by atoms with van der Waals surface area (Å²) in [6.07, 6.45) is -9.49. The Morgan fingerprint density at radius 3 is 2.06 bits per heavy atom. The molecule has 0 radical (unpaired) electrons. The fourth-order valence-corrected chi connectivity index (χ4v) is 6.05. The second-order valence-electron chi connectivity index (χ2n) is 11.8. The van der Waals surface area contributed by atoms with E-state index in [-0.39, 0.29) is 23.6 Å². The smallest absolute Gasteiger partial charge is 0.233 e. The summed E-state index contributed by atoms with van der Waals surface area (Å²) in [5.74, 6) is -1.21. The molecule has 8 N–H and O–H groups in total. The lowest BCUT2D eigenvalue weighted by molar-refractivity contribution is -0.141. The maximum atomic E-state index is 13.4. The number of halogens is 1. The molecule has 4 aromatic carbocycles. The van der Waals surface area contributed by atoms with Gasteiger partial charge in [0, 0.05) is 11.3 Å². The van der Waals surface area contributed by atoms with E-state index in [9.17, 15) is 44.9 Å². The summed E-state index contributed by atoms with van der Waals surface area (Å²) in [6, 6.07) is 25.3. The van der Waals surface area contributed by atoms with E-state index in [1.54, 1.807) is 53.4 Å². The van der Waals surface area contributed by atoms with Crippen LogP contribution in [0.1, 0.15) is 47.8 Å². The van der Waals surface area contributed by atoms with Crippen molar-refractivity contribution in [3.8, 4) is 16.9 Å². The highest BCUT2D eigenvalue weighted by atomic mass is 19.1. The molecular weight excluding hydrogens is 609 g/mol. The molecule has 0 unspecified atom stereocenters. The number of benzene rings is 4. The average molecular weight is 648 g/mol. The van der Waals surface area contributed by atoms with E-state index >= 15 is 0 Å². The maximum Gasteiger partial charge on any atom is 0.233 e. The van der Waals surface area contributed by atoms with Gasteiger partial charge in [-0.1, -0.05) is 60.7 Å². The van der Waals surface area contributed by atoms with Crippen LogP contribution in [0.15, 0.2) is 97.1 Å². The van der Waals surface area contributed by atoms with E-state index in [1.807, 2.05) is 6.07 Å². The second-order valence-corrected chi connectivity index (χ2v) is 11.8. The van der Waals surface area contributed by atoms with Crippen molar-refractivity contribution in [2.75, 3.05) is 11.5 Å². The van der Waals surface area contributed by atoms with Gasteiger partial charge in [-0.2, -0.15) is 0 Å². The number of aliphatic hydroxyl groups is 7. The van der Waals surface area contributed by atoms with Crippen LogP contribution >= 0.6 is 0 Å². The molecule has 10 nitrogen and oxygen atoms in total. The van der Waals surface area contributed by atoms with Crippen LogP contribution in [0.25, 0.3) is 11.1 Å². The number of hydrogen-bond donors (Lipinski definition) is 8. The Bertz CT molecular complexity index is 1650. The van der Waals surface area contributed by atoms with Crippen LogP contribution in [0.2, 0.25) is 0 Å². The van der Waals surface area contributed by atoms with Gasteiger partial charge >= 0.3 is 0 Å². The fraction of sp³-hybridized carbons (Fsp3) is 0.306. The molecule has 8 atom stereocenters. The van der Waals surface area contributed by atoms with Crippen LogP contribution < -0.4 is 4.90 Å². The molecular formula is C36H38FNO9. The minimum Gasteiger partial charge on any atom is -0.508 e. The minimum atomic E-state index is -1.96. The lowest BCUT2D eigenvalue weighted by Gasteiger charge is -2.48. The third-order valence-corrected chi connectivity index (χ3v) is 8.77. The predicted octanol–water partition coefficient (Wildman–Crippen LogP) is 2.89. The number of carbonyl (C=O) groups excluding carboxylic acids is 1. The predicted molar refractivity (Wildman–Crippen MR) is 170 cm³/mol. The van der Waals surface area contributed by atoms with Crippen molar-refractivity contribution in [1.29, 1.82) is 0 Å². The van der Waals surface area contributed by atoms with Gasteiger partial charge in [-0.05, 0) is 71.5 Å². The first-order valence-corrected chi connectivity index (χ1v) is 15.3. The summed E-state index contributed by atoms with van der Waals surface area (Å²) in [6.45, 7) is -0.854. The Hall–Kier alpha value is -4.20. The lowest BCUT2D eigenvalue weighted by Crippen LogP contribution is -2.55. The molecule has 0 saturated carbocycles. The highest BCUT2D eigenvalue weighted by Gasteiger charge is 2.49. The summed E-state index contributed by atoms with van der Waals surface area (Å²) in [5, 5.41) is 82.0. The van der Waals surface area contributed by atoms with Gasteiger partial charge in [-0.15, -0.1) is 0 Å². The van der Waals surface area contributed by atoms with E-state index in [0.29, 0.717) is 34.4 Å². The normalized spacial score (nSPS) is 20.2. The van der Waals surface area contributed by atoms with Crippen LogP contribution in [0, 0.1) is 11.7 Å². The van der Waals surface area contributed by atoms with Crippen molar-refractivity contribution >= 4 is 11.6 Å². The molecule has 4 aromatic rings. The quantitative estimate of drug-likeness (QED) is 0.101. The van der Waals surface area contributed by atoms with E-state index in [4.69, 9.17) is 5.11 Å². The molecule has 11 heteroatoms. The van der Waals surface area contributed by atoms with Crippen molar-refractivity contribution in [3.05, 3.63) is 120 Å². The first kappa shape index (κ1) is 34.1. The van der Waals surface area contributed by atoms with Crippen molar-refractivity contribution in [2.24, 2.45) is 5.92 Å².